The summed E-state index contributed by atoms with van der Waals surface area (Å²) in [5.41, 5.74) is 4.68. The van der Waals surface area contributed by atoms with E-state index < -0.39 is 10.0 Å². The molecule has 9 heteroatoms. The number of hydrogen-bond donors (Lipinski definition) is 1. The van der Waals surface area contributed by atoms with Crippen LogP contribution in [0.5, 0.6) is 0 Å². The summed E-state index contributed by atoms with van der Waals surface area (Å²) in [6.07, 6.45) is 9.95. The molecule has 0 bridgehead atoms. The Hall–Kier alpha value is -3.43. The van der Waals surface area contributed by atoms with E-state index in [9.17, 15) is 8.42 Å². The van der Waals surface area contributed by atoms with Gasteiger partial charge in [0.2, 0.25) is 16.0 Å². The normalized spacial score (nSPS) is 18.1. The van der Waals surface area contributed by atoms with Gasteiger partial charge in [-0.05, 0) is 81.1 Å². The van der Waals surface area contributed by atoms with Crippen LogP contribution in [0.1, 0.15) is 42.7 Å². The van der Waals surface area contributed by atoms with Gasteiger partial charge in [0.1, 0.15) is 5.65 Å². The standard InChI is InChI=1S/C29H36N6O2S/c1-33(2)26-15-11-22(12-16-26)21-9-13-25(14-10-21)31-29-30-19-23-17-18-35(28(23)32-29)20-24-7-5-6-8-27(24)34(3)38(4,36)37/h5-10,13-14,17-19,22,26H,11-12,15-16,20H2,1-4H3,(H,30,31,32). The Bertz CT molecular complexity index is 1510. The molecular weight excluding hydrogens is 496 g/mol. The van der Waals surface area contributed by atoms with Gasteiger partial charge in [0.25, 0.3) is 0 Å². The fraction of sp³-hybridized carbons (Fsp3) is 0.379. The molecule has 2 aromatic carbocycles. The van der Waals surface area contributed by atoms with E-state index in [4.69, 9.17) is 4.98 Å². The second kappa shape index (κ2) is 10.7. The van der Waals surface area contributed by atoms with E-state index in [1.54, 1.807) is 7.05 Å². The van der Waals surface area contributed by atoms with Crippen molar-refractivity contribution in [2.24, 2.45) is 0 Å². The third-order valence-electron chi connectivity index (χ3n) is 7.74. The quantitative estimate of drug-likeness (QED) is 0.336. The maximum atomic E-state index is 12.2. The lowest BCUT2D eigenvalue weighted by Crippen LogP contribution is -2.31. The van der Waals surface area contributed by atoms with Crippen molar-refractivity contribution in [3.05, 3.63) is 78.1 Å². The molecule has 0 radical (unpaired) electrons. The van der Waals surface area contributed by atoms with E-state index in [-0.39, 0.29) is 0 Å². The fourth-order valence-corrected chi connectivity index (χ4v) is 5.90. The average molecular weight is 533 g/mol. The molecule has 5 rings (SSSR count). The number of sulfonamides is 1. The van der Waals surface area contributed by atoms with Gasteiger partial charge in [-0.3, -0.25) is 4.31 Å². The number of anilines is 3. The Balaban J connectivity index is 1.32. The predicted molar refractivity (Wildman–Crippen MR) is 155 cm³/mol. The second-order valence-corrected chi connectivity index (χ2v) is 12.5. The number of para-hydroxylation sites is 1. The van der Waals surface area contributed by atoms with Crippen LogP contribution in [0.25, 0.3) is 11.0 Å². The van der Waals surface area contributed by atoms with E-state index >= 15 is 0 Å². The van der Waals surface area contributed by atoms with Crippen LogP contribution in [-0.2, 0) is 16.6 Å². The molecule has 4 aromatic rings. The lowest BCUT2D eigenvalue weighted by molar-refractivity contribution is 0.216. The van der Waals surface area contributed by atoms with Crippen LogP contribution in [-0.4, -0.2) is 61.3 Å². The summed E-state index contributed by atoms with van der Waals surface area (Å²) in [6, 6.07) is 18.9. The lowest BCUT2D eigenvalue weighted by atomic mass is 9.81. The molecule has 1 fully saturated rings. The molecule has 2 aromatic heterocycles. The third-order valence-corrected chi connectivity index (χ3v) is 8.93. The van der Waals surface area contributed by atoms with Gasteiger partial charge in [0.15, 0.2) is 0 Å². The Morgan fingerprint density at radius 3 is 2.37 bits per heavy atom. The zero-order chi connectivity index (χ0) is 26.9. The highest BCUT2D eigenvalue weighted by atomic mass is 32.2. The Morgan fingerprint density at radius 2 is 1.68 bits per heavy atom. The van der Waals surface area contributed by atoms with Crippen LogP contribution in [0, 0.1) is 0 Å². The first-order valence-corrected chi connectivity index (χ1v) is 14.9. The van der Waals surface area contributed by atoms with Crippen LogP contribution in [0.2, 0.25) is 0 Å². The molecule has 0 unspecified atom stereocenters. The number of benzene rings is 2. The van der Waals surface area contributed by atoms with Gasteiger partial charge in [-0.15, -0.1) is 0 Å². The minimum atomic E-state index is -3.37. The second-order valence-electron chi connectivity index (χ2n) is 10.5. The molecule has 1 aliphatic carbocycles. The number of hydrogen-bond acceptors (Lipinski definition) is 6. The predicted octanol–water partition coefficient (Wildman–Crippen LogP) is 5.21. The summed E-state index contributed by atoms with van der Waals surface area (Å²) >= 11 is 0. The Kier molecular flexibility index (Phi) is 7.40. The average Bonchev–Trinajstić information content (AvgIpc) is 3.30. The largest absolute Gasteiger partial charge is 0.328 e. The lowest BCUT2D eigenvalue weighted by Gasteiger charge is -2.32. The molecule has 0 amide bonds. The highest BCUT2D eigenvalue weighted by Crippen LogP contribution is 2.35. The summed E-state index contributed by atoms with van der Waals surface area (Å²) in [5.74, 6) is 1.15. The van der Waals surface area contributed by atoms with Crippen molar-refractivity contribution in [3.63, 3.8) is 0 Å². The molecule has 2 heterocycles. The summed E-state index contributed by atoms with van der Waals surface area (Å²) in [7, 11) is 2.56. The fourth-order valence-electron chi connectivity index (χ4n) is 5.37. The molecule has 38 heavy (non-hydrogen) atoms. The minimum Gasteiger partial charge on any atom is -0.328 e. The van der Waals surface area contributed by atoms with Crippen molar-refractivity contribution in [1.82, 2.24) is 19.4 Å². The topological polar surface area (TPSA) is 83.4 Å². The molecule has 0 aliphatic heterocycles. The Labute approximate surface area is 225 Å². The summed E-state index contributed by atoms with van der Waals surface area (Å²) < 4.78 is 27.6. The summed E-state index contributed by atoms with van der Waals surface area (Å²) in [4.78, 5) is 11.7. The van der Waals surface area contributed by atoms with Gasteiger partial charge in [-0.25, -0.2) is 13.4 Å². The smallest absolute Gasteiger partial charge is 0.232 e. The van der Waals surface area contributed by atoms with E-state index in [2.05, 4.69) is 53.6 Å². The molecule has 0 spiro atoms. The molecule has 1 saturated carbocycles. The minimum absolute atomic E-state index is 0.487. The van der Waals surface area contributed by atoms with E-state index in [1.165, 1.54) is 41.8 Å². The number of nitrogens with one attached hydrogen (secondary N) is 1. The van der Waals surface area contributed by atoms with Crippen molar-refractivity contribution >= 4 is 38.4 Å². The molecule has 0 saturated heterocycles. The van der Waals surface area contributed by atoms with E-state index in [1.807, 2.05) is 47.3 Å². The maximum Gasteiger partial charge on any atom is 0.232 e. The highest BCUT2D eigenvalue weighted by molar-refractivity contribution is 7.92. The number of nitrogens with zero attached hydrogens (tertiary/aromatic N) is 5. The van der Waals surface area contributed by atoms with Crippen LogP contribution in [0.4, 0.5) is 17.3 Å². The molecule has 8 nitrogen and oxygen atoms in total. The molecule has 200 valence electrons. The van der Waals surface area contributed by atoms with E-state index in [0.717, 1.165) is 22.3 Å². The van der Waals surface area contributed by atoms with E-state index in [0.29, 0.717) is 30.1 Å². The van der Waals surface area contributed by atoms with Gasteiger partial charge >= 0.3 is 0 Å². The Morgan fingerprint density at radius 1 is 0.974 bits per heavy atom. The summed E-state index contributed by atoms with van der Waals surface area (Å²) in [6.45, 7) is 0.487. The van der Waals surface area contributed by atoms with Crippen LogP contribution < -0.4 is 9.62 Å². The van der Waals surface area contributed by atoms with Gasteiger partial charge in [0.05, 0.1) is 18.5 Å². The third kappa shape index (κ3) is 5.68. The first-order chi connectivity index (χ1) is 18.2. The zero-order valence-electron chi connectivity index (χ0n) is 22.5. The van der Waals surface area contributed by atoms with Crippen LogP contribution >= 0.6 is 0 Å². The SMILES string of the molecule is CN(C)C1CCC(c2ccc(Nc3ncc4ccn(Cc5ccccc5N(C)S(C)(=O)=O)c4n3)cc2)CC1. The van der Waals surface area contributed by atoms with Crippen molar-refractivity contribution in [2.45, 2.75) is 44.2 Å². The van der Waals surface area contributed by atoms with Gasteiger partial charge in [-0.2, -0.15) is 4.98 Å². The van der Waals surface area contributed by atoms with Crippen molar-refractivity contribution in [1.29, 1.82) is 0 Å². The maximum absolute atomic E-state index is 12.2. The zero-order valence-corrected chi connectivity index (χ0v) is 23.3. The van der Waals surface area contributed by atoms with Crippen molar-refractivity contribution < 1.29 is 8.42 Å². The number of aromatic nitrogens is 3. The molecule has 1 aliphatic rings. The highest BCUT2D eigenvalue weighted by Gasteiger charge is 2.23. The molecule has 0 atom stereocenters. The first-order valence-electron chi connectivity index (χ1n) is 13.1. The first kappa shape index (κ1) is 26.2. The summed E-state index contributed by atoms with van der Waals surface area (Å²) in [5, 5.41) is 4.27. The number of fused-ring (bicyclic) bond motifs is 1. The molecule has 1 N–H and O–H groups in total. The van der Waals surface area contributed by atoms with Crippen LogP contribution in [0.15, 0.2) is 67.0 Å². The van der Waals surface area contributed by atoms with Crippen molar-refractivity contribution in [3.8, 4) is 0 Å². The van der Waals surface area contributed by atoms with Gasteiger partial charge in [-0.1, -0.05) is 30.3 Å². The van der Waals surface area contributed by atoms with Crippen LogP contribution in [0.3, 0.4) is 0 Å². The van der Waals surface area contributed by atoms with Crippen molar-refractivity contribution in [2.75, 3.05) is 37.0 Å². The monoisotopic (exact) mass is 532 g/mol. The number of rotatable bonds is 8. The van der Waals surface area contributed by atoms with Gasteiger partial charge < -0.3 is 14.8 Å². The molecular formula is C29H36N6O2S. The van der Waals surface area contributed by atoms with Gasteiger partial charge in [0, 0.05) is 36.6 Å².